The molecule has 0 unspecified atom stereocenters. The molecule has 0 spiro atoms. The SMILES string of the molecule is CC[C@@H](NC(=O)Cc1ccccc1)c1ccc(C)cc1. The molecule has 2 aromatic carbocycles. The highest BCUT2D eigenvalue weighted by Crippen LogP contribution is 2.17. The molecule has 0 fully saturated rings. The maximum atomic E-state index is 12.1. The summed E-state index contributed by atoms with van der Waals surface area (Å²) in [5.41, 5.74) is 3.45. The molecule has 1 amide bonds. The third kappa shape index (κ3) is 3.95. The zero-order chi connectivity index (χ0) is 14.4. The van der Waals surface area contributed by atoms with Crippen molar-refractivity contribution in [1.29, 1.82) is 0 Å². The number of nitrogens with one attached hydrogen (secondary N) is 1. The quantitative estimate of drug-likeness (QED) is 0.877. The molecule has 2 rings (SSSR count). The van der Waals surface area contributed by atoms with E-state index in [4.69, 9.17) is 0 Å². The van der Waals surface area contributed by atoms with Gasteiger partial charge in [-0.3, -0.25) is 4.79 Å². The molecule has 0 saturated heterocycles. The van der Waals surface area contributed by atoms with Gasteiger partial charge in [0.15, 0.2) is 0 Å². The van der Waals surface area contributed by atoms with E-state index in [0.717, 1.165) is 12.0 Å². The van der Waals surface area contributed by atoms with Crippen LogP contribution in [0.3, 0.4) is 0 Å². The highest BCUT2D eigenvalue weighted by atomic mass is 16.1. The minimum atomic E-state index is 0.0728. The number of carbonyl (C=O) groups is 1. The number of benzene rings is 2. The van der Waals surface area contributed by atoms with Crippen LogP contribution in [0, 0.1) is 6.92 Å². The van der Waals surface area contributed by atoms with Crippen LogP contribution in [-0.4, -0.2) is 5.91 Å². The number of rotatable bonds is 5. The van der Waals surface area contributed by atoms with Crippen molar-refractivity contribution >= 4 is 5.91 Å². The van der Waals surface area contributed by atoms with Gasteiger partial charge in [0, 0.05) is 0 Å². The molecule has 20 heavy (non-hydrogen) atoms. The van der Waals surface area contributed by atoms with E-state index < -0.39 is 0 Å². The summed E-state index contributed by atoms with van der Waals surface area (Å²) >= 11 is 0. The molecule has 0 aliphatic rings. The molecule has 0 saturated carbocycles. The summed E-state index contributed by atoms with van der Waals surface area (Å²) in [4.78, 5) is 12.1. The Kier molecular flexibility index (Phi) is 4.94. The highest BCUT2D eigenvalue weighted by molar-refractivity contribution is 5.79. The molecular formula is C18H21NO. The first kappa shape index (κ1) is 14.3. The van der Waals surface area contributed by atoms with E-state index in [9.17, 15) is 4.79 Å². The minimum absolute atomic E-state index is 0.0728. The zero-order valence-electron chi connectivity index (χ0n) is 12.1. The predicted molar refractivity (Wildman–Crippen MR) is 82.5 cm³/mol. The smallest absolute Gasteiger partial charge is 0.224 e. The van der Waals surface area contributed by atoms with Gasteiger partial charge in [-0.25, -0.2) is 0 Å². The predicted octanol–water partition coefficient (Wildman–Crippen LogP) is 3.81. The maximum absolute atomic E-state index is 12.1. The standard InChI is InChI=1S/C18H21NO/c1-3-17(16-11-9-14(2)10-12-16)19-18(20)13-15-7-5-4-6-8-15/h4-12,17H,3,13H2,1-2H3,(H,19,20)/t17-/m1/s1. The van der Waals surface area contributed by atoms with Crippen molar-refractivity contribution in [3.63, 3.8) is 0 Å². The Labute approximate surface area is 120 Å². The van der Waals surface area contributed by atoms with Crippen molar-refractivity contribution in [2.24, 2.45) is 0 Å². The fourth-order valence-corrected chi connectivity index (χ4v) is 2.25. The first-order valence-corrected chi connectivity index (χ1v) is 7.09. The Hall–Kier alpha value is -2.09. The van der Waals surface area contributed by atoms with E-state index in [1.807, 2.05) is 30.3 Å². The summed E-state index contributed by atoms with van der Waals surface area (Å²) in [6.07, 6.45) is 1.33. The summed E-state index contributed by atoms with van der Waals surface area (Å²) in [5, 5.41) is 3.11. The Balaban J connectivity index is 1.99. The van der Waals surface area contributed by atoms with E-state index in [-0.39, 0.29) is 11.9 Å². The molecule has 0 radical (unpaired) electrons. The summed E-state index contributed by atoms with van der Waals surface area (Å²) in [5.74, 6) is 0.0728. The number of amides is 1. The van der Waals surface area contributed by atoms with Crippen molar-refractivity contribution in [3.05, 3.63) is 71.3 Å². The monoisotopic (exact) mass is 267 g/mol. The third-order valence-electron chi connectivity index (χ3n) is 3.43. The molecule has 1 N–H and O–H groups in total. The number of carbonyl (C=O) groups excluding carboxylic acids is 1. The summed E-state index contributed by atoms with van der Waals surface area (Å²) in [6, 6.07) is 18.3. The summed E-state index contributed by atoms with van der Waals surface area (Å²) in [6.45, 7) is 4.16. The van der Waals surface area contributed by atoms with Gasteiger partial charge in [-0.05, 0) is 24.5 Å². The Bertz CT molecular complexity index is 545. The third-order valence-corrected chi connectivity index (χ3v) is 3.43. The van der Waals surface area contributed by atoms with Crippen LogP contribution in [-0.2, 0) is 11.2 Å². The van der Waals surface area contributed by atoms with Gasteiger partial charge in [-0.2, -0.15) is 0 Å². The first-order valence-electron chi connectivity index (χ1n) is 7.09. The van der Waals surface area contributed by atoms with E-state index in [0.29, 0.717) is 6.42 Å². The normalized spacial score (nSPS) is 11.9. The maximum Gasteiger partial charge on any atom is 0.224 e. The van der Waals surface area contributed by atoms with Gasteiger partial charge in [-0.1, -0.05) is 67.1 Å². The van der Waals surface area contributed by atoms with Crippen LogP contribution in [0.4, 0.5) is 0 Å². The summed E-state index contributed by atoms with van der Waals surface area (Å²) < 4.78 is 0. The number of hydrogen-bond donors (Lipinski definition) is 1. The van der Waals surface area contributed by atoms with Gasteiger partial charge >= 0.3 is 0 Å². The van der Waals surface area contributed by atoms with Gasteiger partial charge in [-0.15, -0.1) is 0 Å². The molecule has 0 aromatic heterocycles. The lowest BCUT2D eigenvalue weighted by molar-refractivity contribution is -0.121. The molecule has 1 atom stereocenters. The van der Waals surface area contributed by atoms with Crippen molar-refractivity contribution < 1.29 is 4.79 Å². The van der Waals surface area contributed by atoms with Gasteiger partial charge in [0.25, 0.3) is 0 Å². The number of hydrogen-bond acceptors (Lipinski definition) is 1. The molecule has 104 valence electrons. The molecule has 0 heterocycles. The lowest BCUT2D eigenvalue weighted by Crippen LogP contribution is -2.29. The average molecular weight is 267 g/mol. The van der Waals surface area contributed by atoms with Crippen LogP contribution in [0.2, 0.25) is 0 Å². The first-order chi connectivity index (χ1) is 9.69. The molecule has 0 aliphatic carbocycles. The van der Waals surface area contributed by atoms with Crippen LogP contribution < -0.4 is 5.32 Å². The van der Waals surface area contributed by atoms with E-state index in [1.165, 1.54) is 11.1 Å². The van der Waals surface area contributed by atoms with Crippen LogP contribution in [0.1, 0.15) is 36.1 Å². The van der Waals surface area contributed by atoms with Crippen molar-refractivity contribution in [2.45, 2.75) is 32.7 Å². The van der Waals surface area contributed by atoms with Crippen molar-refractivity contribution in [1.82, 2.24) is 5.32 Å². The fourth-order valence-electron chi connectivity index (χ4n) is 2.25. The van der Waals surface area contributed by atoms with E-state index in [2.05, 4.69) is 43.4 Å². The topological polar surface area (TPSA) is 29.1 Å². The second kappa shape index (κ2) is 6.90. The molecule has 0 bridgehead atoms. The van der Waals surface area contributed by atoms with Gasteiger partial charge in [0.05, 0.1) is 12.5 Å². The Morgan fingerprint density at radius 1 is 1.05 bits per heavy atom. The molecule has 2 heteroatoms. The molecule has 2 nitrogen and oxygen atoms in total. The molecule has 2 aromatic rings. The average Bonchev–Trinajstić information content (AvgIpc) is 2.47. The number of aryl methyl sites for hydroxylation is 1. The highest BCUT2D eigenvalue weighted by Gasteiger charge is 2.12. The molecule has 0 aliphatic heterocycles. The minimum Gasteiger partial charge on any atom is -0.349 e. The Morgan fingerprint density at radius 2 is 1.70 bits per heavy atom. The Morgan fingerprint density at radius 3 is 2.30 bits per heavy atom. The second-order valence-corrected chi connectivity index (χ2v) is 5.10. The van der Waals surface area contributed by atoms with Crippen LogP contribution in [0.5, 0.6) is 0 Å². The zero-order valence-corrected chi connectivity index (χ0v) is 12.1. The van der Waals surface area contributed by atoms with E-state index >= 15 is 0 Å². The van der Waals surface area contributed by atoms with Crippen molar-refractivity contribution in [3.8, 4) is 0 Å². The fraction of sp³-hybridized carbons (Fsp3) is 0.278. The van der Waals surface area contributed by atoms with Crippen molar-refractivity contribution in [2.75, 3.05) is 0 Å². The van der Waals surface area contributed by atoms with Crippen LogP contribution in [0.15, 0.2) is 54.6 Å². The van der Waals surface area contributed by atoms with Gasteiger partial charge in [0.1, 0.15) is 0 Å². The largest absolute Gasteiger partial charge is 0.349 e. The lowest BCUT2D eigenvalue weighted by Gasteiger charge is -2.17. The second-order valence-electron chi connectivity index (χ2n) is 5.10. The van der Waals surface area contributed by atoms with E-state index in [1.54, 1.807) is 0 Å². The summed E-state index contributed by atoms with van der Waals surface area (Å²) in [7, 11) is 0. The van der Waals surface area contributed by atoms with Crippen LogP contribution >= 0.6 is 0 Å². The van der Waals surface area contributed by atoms with Gasteiger partial charge < -0.3 is 5.32 Å². The van der Waals surface area contributed by atoms with Crippen LogP contribution in [0.25, 0.3) is 0 Å². The van der Waals surface area contributed by atoms with Gasteiger partial charge in [0.2, 0.25) is 5.91 Å². The lowest BCUT2D eigenvalue weighted by atomic mass is 10.0. The molecular weight excluding hydrogens is 246 g/mol.